The number of carbonyl (C=O) groups excluding carboxylic acids is 3. The second-order valence-corrected chi connectivity index (χ2v) is 11.1. The van der Waals surface area contributed by atoms with Crippen LogP contribution in [0.25, 0.3) is 11.4 Å². The number of nitrogens with one attached hydrogen (secondary N) is 3. The smallest absolute Gasteiger partial charge is 0.291 e. The molecule has 4 atom stereocenters. The minimum Gasteiger partial charge on any atom is -0.445 e. The van der Waals surface area contributed by atoms with Gasteiger partial charge in [0, 0.05) is 29.3 Å². The van der Waals surface area contributed by atoms with E-state index in [1.165, 1.54) is 4.90 Å². The molecule has 1 aliphatic carbocycles. The van der Waals surface area contributed by atoms with E-state index in [4.69, 9.17) is 9.15 Å². The van der Waals surface area contributed by atoms with Crippen LogP contribution in [0.3, 0.4) is 0 Å². The number of aromatic nitrogens is 4. The Morgan fingerprint density at radius 3 is 2.64 bits per heavy atom. The van der Waals surface area contributed by atoms with Crippen molar-refractivity contribution in [3.05, 3.63) is 118 Å². The fourth-order valence-corrected chi connectivity index (χ4v) is 5.51. The number of anilines is 1. The number of carbonyl (C=O) groups is 3. The Morgan fingerprint density at radius 2 is 1.87 bits per heavy atom. The van der Waals surface area contributed by atoms with E-state index in [0.29, 0.717) is 23.7 Å². The molecule has 3 amide bonds. The summed E-state index contributed by atoms with van der Waals surface area (Å²) in [7, 11) is 0. The molecule has 1 unspecified atom stereocenters. The van der Waals surface area contributed by atoms with Crippen LogP contribution < -0.4 is 16.1 Å². The van der Waals surface area contributed by atoms with E-state index in [-0.39, 0.29) is 30.9 Å². The number of aliphatic hydroxyl groups excluding tert-OH is 1. The fraction of sp³-hybridized carbons (Fsp3) is 0.242. The number of amides is 3. The zero-order valence-electron chi connectivity index (χ0n) is 25.0. The molecule has 1 fully saturated rings. The van der Waals surface area contributed by atoms with Crippen LogP contribution in [0.15, 0.2) is 100 Å². The monoisotopic (exact) mass is 637 g/mol. The number of rotatable bonds is 10. The number of aromatic amines is 1. The molecule has 3 heterocycles. The van der Waals surface area contributed by atoms with Crippen LogP contribution in [0.5, 0.6) is 0 Å². The molecular weight excluding hydrogens is 606 g/mol. The summed E-state index contributed by atoms with van der Waals surface area (Å²) < 4.78 is 11.2. The normalized spacial score (nSPS) is 18.4. The van der Waals surface area contributed by atoms with E-state index in [9.17, 15) is 24.3 Å². The summed E-state index contributed by atoms with van der Waals surface area (Å²) in [5.74, 6) is -2.71. The van der Waals surface area contributed by atoms with Crippen LogP contribution in [0.2, 0.25) is 0 Å². The standard InChI is InChI=1S/C33H31N7O7/c41-24-16-27(47-28(17-24)33(45)40-19-46-18-26(40)21-10-5-2-6-11-21)31(43)35-25(14-20-8-3-1-4-9-20)29(42)32(44)34-23-13-7-12-22(15-23)30-36-38-39-37-30/h1-10,12-13,15-17,21,25-26,29,42H,11,14,18-19H2,(H,34,44)(H,35,43)(H,36,37,38,39)/t21-,25+,26?,29+/m1/s1. The maximum absolute atomic E-state index is 13.5. The second-order valence-electron chi connectivity index (χ2n) is 11.1. The van der Waals surface area contributed by atoms with Gasteiger partial charge in [0.2, 0.25) is 5.82 Å². The number of hydrogen-bond acceptors (Lipinski definition) is 10. The maximum atomic E-state index is 13.5. The van der Waals surface area contributed by atoms with E-state index in [0.717, 1.165) is 24.1 Å². The third-order valence-corrected chi connectivity index (χ3v) is 7.89. The van der Waals surface area contributed by atoms with Gasteiger partial charge in [0.15, 0.2) is 23.1 Å². The van der Waals surface area contributed by atoms with Crippen molar-refractivity contribution in [3.8, 4) is 11.4 Å². The first kappa shape index (κ1) is 31.3. The molecule has 1 aliphatic heterocycles. The zero-order chi connectivity index (χ0) is 32.8. The minimum atomic E-state index is -1.73. The van der Waals surface area contributed by atoms with E-state index >= 15 is 0 Å². The number of aliphatic hydroxyl groups is 1. The summed E-state index contributed by atoms with van der Waals surface area (Å²) in [6.45, 7) is 0.331. The van der Waals surface area contributed by atoms with Gasteiger partial charge in [-0.05, 0) is 35.8 Å². The number of hydrogen-bond donors (Lipinski definition) is 4. The summed E-state index contributed by atoms with van der Waals surface area (Å²) in [6.07, 6.45) is 6.90. The lowest BCUT2D eigenvalue weighted by Crippen LogP contribution is -2.50. The molecule has 14 nitrogen and oxygen atoms in total. The highest BCUT2D eigenvalue weighted by atomic mass is 16.5. The van der Waals surface area contributed by atoms with Gasteiger partial charge in [-0.2, -0.15) is 5.21 Å². The van der Waals surface area contributed by atoms with Crippen molar-refractivity contribution in [3.63, 3.8) is 0 Å². The molecule has 0 radical (unpaired) electrons. The Kier molecular flexibility index (Phi) is 9.41. The van der Waals surface area contributed by atoms with Gasteiger partial charge in [0.25, 0.3) is 17.7 Å². The van der Waals surface area contributed by atoms with Crippen LogP contribution in [-0.4, -0.2) is 79.9 Å². The Balaban J connectivity index is 1.20. The number of allylic oxidation sites excluding steroid dienone is 3. The molecule has 0 saturated carbocycles. The summed E-state index contributed by atoms with van der Waals surface area (Å²) in [5, 5.41) is 30.2. The molecule has 0 spiro atoms. The van der Waals surface area contributed by atoms with Crippen LogP contribution >= 0.6 is 0 Å². The van der Waals surface area contributed by atoms with E-state index in [1.807, 2.05) is 30.4 Å². The highest BCUT2D eigenvalue weighted by Gasteiger charge is 2.36. The van der Waals surface area contributed by atoms with Crippen molar-refractivity contribution in [1.29, 1.82) is 0 Å². The summed E-state index contributed by atoms with van der Waals surface area (Å²) in [5.41, 5.74) is 1.02. The van der Waals surface area contributed by atoms with Gasteiger partial charge in [-0.15, -0.1) is 10.2 Å². The molecule has 4 aromatic rings. The largest absolute Gasteiger partial charge is 0.445 e. The Bertz CT molecular complexity index is 1860. The first-order chi connectivity index (χ1) is 22.9. The van der Waals surface area contributed by atoms with Gasteiger partial charge in [-0.1, -0.05) is 66.8 Å². The van der Waals surface area contributed by atoms with Gasteiger partial charge in [-0.3, -0.25) is 19.2 Å². The van der Waals surface area contributed by atoms with Gasteiger partial charge in [0.1, 0.15) is 6.73 Å². The van der Waals surface area contributed by atoms with Crippen LogP contribution in [0.4, 0.5) is 5.69 Å². The fourth-order valence-electron chi connectivity index (χ4n) is 5.51. The van der Waals surface area contributed by atoms with Gasteiger partial charge >= 0.3 is 0 Å². The molecule has 240 valence electrons. The average Bonchev–Trinajstić information content (AvgIpc) is 3.82. The Labute approximate surface area is 268 Å². The molecule has 2 aromatic heterocycles. The predicted octanol–water partition coefficient (Wildman–Crippen LogP) is 2.09. The Morgan fingerprint density at radius 1 is 1.04 bits per heavy atom. The van der Waals surface area contributed by atoms with Crippen molar-refractivity contribution >= 4 is 23.4 Å². The van der Waals surface area contributed by atoms with E-state index < -0.39 is 41.1 Å². The van der Waals surface area contributed by atoms with Crippen LogP contribution in [-0.2, 0) is 16.0 Å². The first-order valence-corrected chi connectivity index (χ1v) is 14.9. The summed E-state index contributed by atoms with van der Waals surface area (Å²) in [4.78, 5) is 54.4. The molecule has 2 aliphatic rings. The zero-order valence-corrected chi connectivity index (χ0v) is 25.0. The number of benzene rings is 2. The number of H-pyrrole nitrogens is 1. The Hall–Kier alpha value is -5.73. The average molecular weight is 638 g/mol. The van der Waals surface area contributed by atoms with Crippen molar-refractivity contribution in [2.24, 2.45) is 5.92 Å². The SMILES string of the molecule is O=C(N[C@@H](Cc1ccccc1)[C@H](O)C(=O)Nc1cccc(-c2nn[nH]n2)c1)c1cc(=O)cc(C(=O)N2COCC2[C@@H]2C=CC=CC2)o1. The van der Waals surface area contributed by atoms with Crippen molar-refractivity contribution in [2.45, 2.75) is 31.0 Å². The predicted molar refractivity (Wildman–Crippen MR) is 168 cm³/mol. The lowest BCUT2D eigenvalue weighted by molar-refractivity contribution is -0.125. The molecule has 1 saturated heterocycles. The maximum Gasteiger partial charge on any atom is 0.291 e. The lowest BCUT2D eigenvalue weighted by Gasteiger charge is -2.28. The second kappa shape index (κ2) is 14.1. The van der Waals surface area contributed by atoms with Crippen molar-refractivity contribution in [2.75, 3.05) is 18.7 Å². The van der Waals surface area contributed by atoms with Crippen LogP contribution in [0, 0.1) is 5.92 Å². The van der Waals surface area contributed by atoms with Gasteiger partial charge in [-0.25, -0.2) is 0 Å². The third-order valence-electron chi connectivity index (χ3n) is 7.89. The summed E-state index contributed by atoms with van der Waals surface area (Å²) in [6, 6.07) is 16.1. The van der Waals surface area contributed by atoms with Crippen molar-refractivity contribution < 1.29 is 28.6 Å². The molecule has 14 heteroatoms. The van der Waals surface area contributed by atoms with E-state index in [1.54, 1.807) is 48.5 Å². The third kappa shape index (κ3) is 7.40. The highest BCUT2D eigenvalue weighted by molar-refractivity contribution is 5.97. The number of tetrazole rings is 1. The molecule has 47 heavy (non-hydrogen) atoms. The molecule has 4 N–H and O–H groups in total. The summed E-state index contributed by atoms with van der Waals surface area (Å²) >= 11 is 0. The minimum absolute atomic E-state index is 0.0101. The van der Waals surface area contributed by atoms with Crippen molar-refractivity contribution in [1.82, 2.24) is 30.8 Å². The van der Waals surface area contributed by atoms with E-state index in [2.05, 4.69) is 31.3 Å². The van der Waals surface area contributed by atoms with Gasteiger partial charge in [0.05, 0.1) is 18.7 Å². The topological polar surface area (TPSA) is 193 Å². The van der Waals surface area contributed by atoms with Crippen LogP contribution in [0.1, 0.15) is 33.1 Å². The molecule has 0 bridgehead atoms. The molecule has 2 aromatic carbocycles. The molecular formula is C33H31N7O7. The molecule has 6 rings (SSSR count). The quantitative estimate of drug-likeness (QED) is 0.200. The number of ether oxygens (including phenoxy) is 1. The van der Waals surface area contributed by atoms with Gasteiger partial charge < -0.3 is 29.8 Å². The lowest BCUT2D eigenvalue weighted by atomic mass is 9.92. The number of nitrogens with zero attached hydrogens (tertiary/aromatic N) is 4. The highest BCUT2D eigenvalue weighted by Crippen LogP contribution is 2.26. The first-order valence-electron chi connectivity index (χ1n) is 14.9.